The Morgan fingerprint density at radius 1 is 1.22 bits per heavy atom. The lowest BCUT2D eigenvalue weighted by molar-refractivity contribution is -0.121. The van der Waals surface area contributed by atoms with Crippen LogP contribution in [0.15, 0.2) is 41.5 Å². The fourth-order valence-electron chi connectivity index (χ4n) is 2.98. The van der Waals surface area contributed by atoms with E-state index < -0.39 is 23.1 Å². The largest absolute Gasteiger partial charge is 0.465 e. The Hall–Kier alpha value is -3.59. The maximum absolute atomic E-state index is 12.2. The minimum absolute atomic E-state index is 0.133. The Balaban J connectivity index is 2.43. The van der Waals surface area contributed by atoms with Gasteiger partial charge >= 0.3 is 6.09 Å². The molecule has 0 bridgehead atoms. The van der Waals surface area contributed by atoms with Gasteiger partial charge in [-0.15, -0.1) is 0 Å². The highest BCUT2D eigenvalue weighted by Crippen LogP contribution is 2.38. The first-order valence-corrected chi connectivity index (χ1v) is 10.1. The molecule has 0 saturated carbocycles. The Bertz CT molecular complexity index is 1170. The number of nitrogens with one attached hydrogen (secondary N) is 1. The number of nitriles is 2. The Kier molecular flexibility index (Phi) is 7.82. The smallest absolute Gasteiger partial charge is 0.414 e. The topological polar surface area (TPSA) is 130 Å². The molecule has 2 rings (SSSR count). The molecule has 0 spiro atoms. The van der Waals surface area contributed by atoms with Crippen LogP contribution in [0.5, 0.6) is 0 Å². The molecule has 32 heavy (non-hydrogen) atoms. The molecule has 2 aromatic rings. The average molecular weight is 472 g/mol. The van der Waals surface area contributed by atoms with Crippen LogP contribution in [0.2, 0.25) is 10.0 Å². The summed E-state index contributed by atoms with van der Waals surface area (Å²) in [7, 11) is 0. The van der Waals surface area contributed by atoms with Gasteiger partial charge in [-0.3, -0.25) is 10.2 Å². The molecule has 0 aliphatic heterocycles. The summed E-state index contributed by atoms with van der Waals surface area (Å²) in [5, 5.41) is 32.8. The molecule has 1 atom stereocenters. The fourth-order valence-corrected chi connectivity index (χ4v) is 3.46. The molecule has 1 unspecified atom stereocenters. The van der Waals surface area contributed by atoms with Gasteiger partial charge in [-0.2, -0.15) is 15.6 Å². The zero-order valence-corrected chi connectivity index (χ0v) is 19.0. The second kappa shape index (κ2) is 10.1. The number of carboxylic acid groups (broad SMARTS) is 1. The van der Waals surface area contributed by atoms with E-state index in [2.05, 4.69) is 16.6 Å². The van der Waals surface area contributed by atoms with Gasteiger partial charge in [-0.05, 0) is 55.7 Å². The SMILES string of the molecule is CCN(C(=O)O)C(=O)C(C#N)=NNc1cc(Cl)c(C(C)(C#N)c2ccc(Cl)cc2)cc1C. The van der Waals surface area contributed by atoms with Gasteiger partial charge in [-0.25, -0.2) is 9.69 Å². The minimum atomic E-state index is -1.48. The van der Waals surface area contributed by atoms with Crippen LogP contribution in [0.3, 0.4) is 0 Å². The molecule has 0 aliphatic carbocycles. The number of carbonyl (C=O) groups excluding carboxylic acids is 1. The maximum atomic E-state index is 12.2. The van der Waals surface area contributed by atoms with Crippen molar-refractivity contribution in [3.8, 4) is 12.1 Å². The molecule has 0 fully saturated rings. The van der Waals surface area contributed by atoms with Crippen molar-refractivity contribution in [3.05, 3.63) is 63.1 Å². The summed E-state index contributed by atoms with van der Waals surface area (Å²) in [4.78, 5) is 23.8. The lowest BCUT2D eigenvalue weighted by atomic mass is 9.77. The van der Waals surface area contributed by atoms with Crippen molar-refractivity contribution in [3.63, 3.8) is 0 Å². The van der Waals surface area contributed by atoms with E-state index in [1.54, 1.807) is 50.2 Å². The second-order valence-corrected chi connectivity index (χ2v) is 7.75. The lowest BCUT2D eigenvalue weighted by Gasteiger charge is -2.25. The van der Waals surface area contributed by atoms with Gasteiger partial charge < -0.3 is 5.11 Å². The molecule has 0 radical (unpaired) electrons. The number of hydrogen-bond acceptors (Lipinski definition) is 6. The first-order chi connectivity index (χ1) is 15.1. The van der Waals surface area contributed by atoms with Gasteiger partial charge in [0.05, 0.1) is 11.8 Å². The standard InChI is InChI=1S/C22H19Cl2N5O3/c1-4-29(21(31)32)20(30)19(11-25)28-27-18-10-17(24)16(9-13(18)2)22(3,12-26)14-5-7-15(23)8-6-14/h5-10,27H,4H2,1-3H3,(H,31,32). The quantitative estimate of drug-likeness (QED) is 0.452. The number of halogens is 2. The molecule has 2 amide bonds. The summed E-state index contributed by atoms with van der Waals surface area (Å²) >= 11 is 12.4. The Morgan fingerprint density at radius 3 is 2.34 bits per heavy atom. The van der Waals surface area contributed by atoms with E-state index in [0.29, 0.717) is 32.3 Å². The predicted molar refractivity (Wildman–Crippen MR) is 122 cm³/mol. The number of nitrogens with zero attached hydrogens (tertiary/aromatic N) is 4. The van der Waals surface area contributed by atoms with Crippen molar-refractivity contribution < 1.29 is 14.7 Å². The van der Waals surface area contributed by atoms with Crippen molar-refractivity contribution in [1.29, 1.82) is 10.5 Å². The van der Waals surface area contributed by atoms with E-state index >= 15 is 0 Å². The maximum Gasteiger partial charge on any atom is 0.414 e. The van der Waals surface area contributed by atoms with Gasteiger partial charge in [0.15, 0.2) is 0 Å². The van der Waals surface area contributed by atoms with Crippen molar-refractivity contribution in [2.24, 2.45) is 5.10 Å². The molecule has 0 aliphatic rings. The van der Waals surface area contributed by atoms with Crippen LogP contribution in [0.4, 0.5) is 10.5 Å². The number of carbonyl (C=O) groups is 2. The second-order valence-electron chi connectivity index (χ2n) is 6.91. The number of imide groups is 1. The molecular formula is C22H19Cl2N5O3. The molecule has 0 saturated heterocycles. The van der Waals surface area contributed by atoms with Crippen LogP contribution in [-0.4, -0.2) is 34.3 Å². The Morgan fingerprint density at radius 2 is 1.84 bits per heavy atom. The molecular weight excluding hydrogens is 453 g/mol. The third kappa shape index (κ3) is 5.00. The molecule has 0 aromatic heterocycles. The molecule has 2 aromatic carbocycles. The van der Waals surface area contributed by atoms with Crippen LogP contribution in [-0.2, 0) is 10.2 Å². The zero-order valence-electron chi connectivity index (χ0n) is 17.5. The molecule has 164 valence electrons. The highest BCUT2D eigenvalue weighted by atomic mass is 35.5. The fraction of sp³-hybridized carbons (Fsp3) is 0.227. The average Bonchev–Trinajstić information content (AvgIpc) is 2.76. The van der Waals surface area contributed by atoms with E-state index in [1.807, 2.05) is 0 Å². The van der Waals surface area contributed by atoms with Gasteiger partial charge in [0.1, 0.15) is 11.5 Å². The van der Waals surface area contributed by atoms with Gasteiger partial charge in [0.25, 0.3) is 5.91 Å². The highest BCUT2D eigenvalue weighted by molar-refractivity contribution is 6.46. The van der Waals surface area contributed by atoms with Gasteiger partial charge in [0, 0.05) is 16.6 Å². The van der Waals surface area contributed by atoms with Gasteiger partial charge in [0.2, 0.25) is 5.71 Å². The summed E-state index contributed by atoms with van der Waals surface area (Å²) in [5.41, 5.74) is 3.17. The number of rotatable bonds is 6. The van der Waals surface area contributed by atoms with Crippen molar-refractivity contribution in [2.75, 3.05) is 12.0 Å². The van der Waals surface area contributed by atoms with E-state index in [9.17, 15) is 20.1 Å². The third-order valence-electron chi connectivity index (χ3n) is 4.89. The van der Waals surface area contributed by atoms with E-state index in [4.69, 9.17) is 28.3 Å². The monoisotopic (exact) mass is 471 g/mol. The number of anilines is 1. The summed E-state index contributed by atoms with van der Waals surface area (Å²) in [6.07, 6.45) is -1.48. The molecule has 10 heteroatoms. The summed E-state index contributed by atoms with van der Waals surface area (Å²) < 4.78 is 0. The minimum Gasteiger partial charge on any atom is -0.465 e. The summed E-state index contributed by atoms with van der Waals surface area (Å²) in [5.74, 6) is -1.05. The first kappa shape index (κ1) is 24.7. The van der Waals surface area contributed by atoms with E-state index in [1.165, 1.54) is 13.0 Å². The van der Waals surface area contributed by atoms with E-state index in [-0.39, 0.29) is 11.6 Å². The van der Waals surface area contributed by atoms with Crippen LogP contribution < -0.4 is 5.43 Å². The highest BCUT2D eigenvalue weighted by Gasteiger charge is 2.32. The number of hydrazone groups is 1. The van der Waals surface area contributed by atoms with Crippen LogP contribution in [0.25, 0.3) is 0 Å². The predicted octanol–water partition coefficient (Wildman–Crippen LogP) is 4.95. The molecule has 2 N–H and O–H groups in total. The number of benzene rings is 2. The number of aryl methyl sites for hydroxylation is 1. The van der Waals surface area contributed by atoms with Crippen molar-refractivity contribution in [1.82, 2.24) is 4.90 Å². The summed E-state index contributed by atoms with van der Waals surface area (Å²) in [6, 6.07) is 14.0. The van der Waals surface area contributed by atoms with Gasteiger partial charge in [-0.1, -0.05) is 41.4 Å². The third-order valence-corrected chi connectivity index (χ3v) is 5.45. The van der Waals surface area contributed by atoms with Crippen LogP contribution in [0, 0.1) is 29.6 Å². The molecule has 0 heterocycles. The first-order valence-electron chi connectivity index (χ1n) is 9.35. The van der Waals surface area contributed by atoms with Crippen LogP contribution in [0.1, 0.15) is 30.5 Å². The molecule has 8 nitrogen and oxygen atoms in total. The normalized spacial score (nSPS) is 12.8. The number of amides is 2. The lowest BCUT2D eigenvalue weighted by Crippen LogP contribution is -2.40. The van der Waals surface area contributed by atoms with Crippen LogP contribution >= 0.6 is 23.2 Å². The summed E-state index contributed by atoms with van der Waals surface area (Å²) in [6.45, 7) is 4.80. The van der Waals surface area contributed by atoms with E-state index in [0.717, 1.165) is 0 Å². The van der Waals surface area contributed by atoms with Crippen molar-refractivity contribution >= 4 is 46.6 Å². The van der Waals surface area contributed by atoms with Crippen molar-refractivity contribution in [2.45, 2.75) is 26.2 Å². The number of hydrogen-bond donors (Lipinski definition) is 2. The zero-order chi connectivity index (χ0) is 24.1. The Labute approximate surface area is 195 Å².